The Balaban J connectivity index is 1.73. The molecule has 4 nitrogen and oxygen atoms in total. The predicted molar refractivity (Wildman–Crippen MR) is 168 cm³/mol. The summed E-state index contributed by atoms with van der Waals surface area (Å²) >= 11 is 14.8. The van der Waals surface area contributed by atoms with E-state index >= 15 is 0 Å². The molecular formula is C28H28Br4N4. The van der Waals surface area contributed by atoms with Gasteiger partial charge >= 0.3 is 0 Å². The largest absolute Gasteiger partial charge is 0.349 e. The molecule has 188 valence electrons. The van der Waals surface area contributed by atoms with Crippen LogP contribution in [0.15, 0.2) is 63.4 Å². The van der Waals surface area contributed by atoms with E-state index in [2.05, 4.69) is 141 Å². The van der Waals surface area contributed by atoms with Crippen molar-refractivity contribution in [3.05, 3.63) is 87.1 Å². The maximum Gasteiger partial charge on any atom is 0.0857 e. The Labute approximate surface area is 246 Å². The molecule has 4 heterocycles. The first-order chi connectivity index (χ1) is 16.8. The first kappa shape index (κ1) is 27.6. The molecule has 2 N–H and O–H groups in total. The Kier molecular flexibility index (Phi) is 7.92. The third-order valence-corrected chi connectivity index (χ3v) is 10.3. The molecule has 0 saturated carbocycles. The highest BCUT2D eigenvalue weighted by molar-refractivity contribution is 9.15. The van der Waals surface area contributed by atoms with E-state index in [1.807, 2.05) is 0 Å². The fraction of sp³-hybridized carbons (Fsp3) is 0.286. The summed E-state index contributed by atoms with van der Waals surface area (Å²) in [5.41, 5.74) is 15.3. The highest BCUT2D eigenvalue weighted by Crippen LogP contribution is 2.40. The van der Waals surface area contributed by atoms with Crippen LogP contribution in [0, 0.1) is 27.7 Å². The average Bonchev–Trinajstić information content (AvgIpc) is 3.46. The topological polar surface area (TPSA) is 56.3 Å². The molecule has 2 aromatic rings. The molecule has 0 amide bonds. The number of nitrogens with one attached hydrogen (secondary N) is 2. The molecule has 0 saturated heterocycles. The van der Waals surface area contributed by atoms with E-state index in [4.69, 9.17) is 9.98 Å². The van der Waals surface area contributed by atoms with Crippen LogP contribution in [0.2, 0.25) is 0 Å². The number of rotatable bonds is 4. The number of aromatic nitrogens is 2. The van der Waals surface area contributed by atoms with Crippen molar-refractivity contribution in [1.29, 1.82) is 0 Å². The summed E-state index contributed by atoms with van der Waals surface area (Å²) in [4.78, 5) is 16.8. The Hall–Kier alpha value is -1.48. The summed E-state index contributed by atoms with van der Waals surface area (Å²) in [5, 5.41) is 0. The molecule has 8 heteroatoms. The number of H-pyrrole nitrogens is 2. The van der Waals surface area contributed by atoms with Gasteiger partial charge in [-0.2, -0.15) is 0 Å². The van der Waals surface area contributed by atoms with E-state index in [1.165, 1.54) is 27.8 Å². The monoisotopic (exact) mass is 736 g/mol. The normalized spacial score (nSPS) is 19.2. The van der Waals surface area contributed by atoms with Crippen molar-refractivity contribution >= 4 is 85.7 Å². The molecule has 0 spiro atoms. The number of hydrogen-bond acceptors (Lipinski definition) is 2. The molecule has 0 unspecified atom stereocenters. The van der Waals surface area contributed by atoms with E-state index in [-0.39, 0.29) is 0 Å². The molecule has 2 aromatic heterocycles. The minimum absolute atomic E-state index is 0.914. The van der Waals surface area contributed by atoms with Crippen LogP contribution in [0.1, 0.15) is 61.3 Å². The van der Waals surface area contributed by atoms with Gasteiger partial charge in [-0.3, -0.25) is 0 Å². The van der Waals surface area contributed by atoms with Crippen LogP contribution >= 0.6 is 63.7 Å². The Morgan fingerprint density at radius 3 is 1.86 bits per heavy atom. The van der Waals surface area contributed by atoms with Crippen molar-refractivity contribution in [1.82, 2.24) is 9.97 Å². The van der Waals surface area contributed by atoms with Gasteiger partial charge in [0.1, 0.15) is 0 Å². The number of aromatic amines is 2. The molecule has 0 atom stereocenters. The minimum atomic E-state index is 0.914. The average molecular weight is 740 g/mol. The fourth-order valence-electron chi connectivity index (χ4n) is 4.17. The van der Waals surface area contributed by atoms with E-state index in [0.717, 1.165) is 69.1 Å². The Bertz CT molecular complexity index is 1530. The molecule has 2 aliphatic heterocycles. The maximum atomic E-state index is 5.03. The number of hydrogen-bond donors (Lipinski definition) is 2. The first-order valence-electron chi connectivity index (χ1n) is 11.6. The van der Waals surface area contributed by atoms with Gasteiger partial charge < -0.3 is 9.97 Å². The van der Waals surface area contributed by atoms with Gasteiger partial charge in [0.2, 0.25) is 0 Å². The number of aliphatic imine (C=N–C) groups is 2. The Morgan fingerprint density at radius 1 is 0.694 bits per heavy atom. The van der Waals surface area contributed by atoms with Gasteiger partial charge in [0, 0.05) is 10.2 Å². The molecule has 0 fully saturated rings. The van der Waals surface area contributed by atoms with Gasteiger partial charge in [0.05, 0.1) is 42.2 Å². The van der Waals surface area contributed by atoms with Crippen molar-refractivity contribution in [2.75, 3.05) is 0 Å². The second-order valence-corrected chi connectivity index (χ2v) is 12.5. The van der Waals surface area contributed by atoms with E-state index in [9.17, 15) is 0 Å². The molecule has 0 bridgehead atoms. The molecule has 0 radical (unpaired) electrons. The fourth-order valence-corrected chi connectivity index (χ4v) is 6.56. The standard InChI is InChI=1S/C28H28Br4N4/c1-11-12(2)21(10-22-13(3)17(7)27(31)34-22)33-20(11)9-19(29)24-14(4)15(5)25(35-24)23(30)26-16(6)18(8)28(32)36-26/h9-10,34,36H,1-8H3/b19-9+,21-10-,25-23+. The minimum Gasteiger partial charge on any atom is -0.349 e. The molecule has 36 heavy (non-hydrogen) atoms. The second kappa shape index (κ2) is 10.4. The van der Waals surface area contributed by atoms with Gasteiger partial charge in [0.25, 0.3) is 0 Å². The smallest absolute Gasteiger partial charge is 0.0857 e. The lowest BCUT2D eigenvalue weighted by Crippen LogP contribution is -2.01. The second-order valence-electron chi connectivity index (χ2n) is 9.31. The number of nitrogens with zero attached hydrogens (tertiary/aromatic N) is 2. The van der Waals surface area contributed by atoms with Gasteiger partial charge in [-0.25, -0.2) is 9.98 Å². The number of allylic oxidation sites excluding steroid dienone is 6. The first-order valence-corrected chi connectivity index (χ1v) is 14.7. The lowest BCUT2D eigenvalue weighted by molar-refractivity contribution is 1.27. The highest BCUT2D eigenvalue weighted by Gasteiger charge is 2.25. The summed E-state index contributed by atoms with van der Waals surface area (Å²) in [7, 11) is 0. The summed E-state index contributed by atoms with van der Waals surface area (Å²) in [6, 6.07) is 0. The lowest BCUT2D eigenvalue weighted by atomic mass is 10.0. The van der Waals surface area contributed by atoms with Crippen molar-refractivity contribution in [2.24, 2.45) is 9.98 Å². The van der Waals surface area contributed by atoms with Crippen molar-refractivity contribution in [3.63, 3.8) is 0 Å². The predicted octanol–water partition coefficient (Wildman–Crippen LogP) is 10.1. The quantitative estimate of drug-likeness (QED) is 0.314. The van der Waals surface area contributed by atoms with E-state index in [0.29, 0.717) is 0 Å². The van der Waals surface area contributed by atoms with Crippen molar-refractivity contribution in [2.45, 2.75) is 55.4 Å². The molecule has 0 aliphatic carbocycles. The van der Waals surface area contributed by atoms with Crippen molar-refractivity contribution < 1.29 is 0 Å². The maximum absolute atomic E-state index is 5.03. The lowest BCUT2D eigenvalue weighted by Gasteiger charge is -2.04. The zero-order chi connectivity index (χ0) is 26.6. The summed E-state index contributed by atoms with van der Waals surface area (Å²) in [5.74, 6) is 0. The SMILES string of the molecule is CC1=C(C)/C(=C/c2[nH]c(Br)c(C)c2C)N=C1/C=C(/Br)C1=N/C(=C(/Br)c2[nH]c(Br)c(C)c2C)C(C)=C1C. The van der Waals surface area contributed by atoms with E-state index < -0.39 is 0 Å². The van der Waals surface area contributed by atoms with Gasteiger partial charge in [-0.05, 0) is 176 Å². The third kappa shape index (κ3) is 4.74. The van der Waals surface area contributed by atoms with Gasteiger partial charge in [0.15, 0.2) is 0 Å². The van der Waals surface area contributed by atoms with Gasteiger partial charge in [-0.1, -0.05) is 0 Å². The van der Waals surface area contributed by atoms with Crippen LogP contribution < -0.4 is 0 Å². The molecule has 4 rings (SSSR count). The molecular weight excluding hydrogens is 712 g/mol. The summed E-state index contributed by atoms with van der Waals surface area (Å²) < 4.78 is 3.88. The number of halogens is 4. The van der Waals surface area contributed by atoms with E-state index in [1.54, 1.807) is 0 Å². The van der Waals surface area contributed by atoms with Crippen LogP contribution in [0.25, 0.3) is 10.6 Å². The molecule has 2 aliphatic rings. The third-order valence-electron chi connectivity index (χ3n) is 7.31. The zero-order valence-corrected chi connectivity index (χ0v) is 27.9. The highest BCUT2D eigenvalue weighted by atomic mass is 79.9. The Morgan fingerprint density at radius 2 is 1.31 bits per heavy atom. The van der Waals surface area contributed by atoms with Crippen LogP contribution in [-0.4, -0.2) is 21.4 Å². The summed E-state index contributed by atoms with van der Waals surface area (Å²) in [6.07, 6.45) is 4.20. The van der Waals surface area contributed by atoms with Crippen LogP contribution in [0.5, 0.6) is 0 Å². The summed E-state index contributed by atoms with van der Waals surface area (Å²) in [6.45, 7) is 16.9. The van der Waals surface area contributed by atoms with Crippen LogP contribution in [0.4, 0.5) is 0 Å². The van der Waals surface area contributed by atoms with Crippen LogP contribution in [0.3, 0.4) is 0 Å². The van der Waals surface area contributed by atoms with Gasteiger partial charge in [-0.15, -0.1) is 0 Å². The molecule has 0 aromatic carbocycles. The zero-order valence-electron chi connectivity index (χ0n) is 21.6. The van der Waals surface area contributed by atoms with Crippen LogP contribution in [-0.2, 0) is 0 Å². The van der Waals surface area contributed by atoms with Crippen molar-refractivity contribution in [3.8, 4) is 0 Å².